The van der Waals surface area contributed by atoms with Gasteiger partial charge in [-0.25, -0.2) is 4.98 Å². The summed E-state index contributed by atoms with van der Waals surface area (Å²) in [6, 6.07) is 5.76. The van der Waals surface area contributed by atoms with Gasteiger partial charge in [-0.2, -0.15) is 9.97 Å². The fraction of sp³-hybridized carbons (Fsp3) is 0.560. The highest BCUT2D eigenvalue weighted by Crippen LogP contribution is 2.27. The maximum atomic E-state index is 13.0. The first kappa shape index (κ1) is 24.8. The van der Waals surface area contributed by atoms with Crippen molar-refractivity contribution in [2.75, 3.05) is 37.4 Å². The summed E-state index contributed by atoms with van der Waals surface area (Å²) in [5, 5.41) is 11.7. The first-order chi connectivity index (χ1) is 16.9. The Morgan fingerprint density at radius 1 is 1.26 bits per heavy atom. The molecule has 188 valence electrons. The number of anilines is 2. The summed E-state index contributed by atoms with van der Waals surface area (Å²) in [4.78, 5) is 28.2. The largest absolute Gasteiger partial charge is 0.458 e. The number of piperidine rings is 1. The van der Waals surface area contributed by atoms with Crippen molar-refractivity contribution >= 4 is 23.3 Å². The lowest BCUT2D eigenvalue weighted by atomic mass is 9.88. The van der Waals surface area contributed by atoms with E-state index in [1.54, 1.807) is 25.4 Å². The third-order valence-electron chi connectivity index (χ3n) is 6.68. The molecule has 10 nitrogen and oxygen atoms in total. The molecular formula is C25H35N7O3. The van der Waals surface area contributed by atoms with E-state index in [0.29, 0.717) is 48.3 Å². The van der Waals surface area contributed by atoms with E-state index in [2.05, 4.69) is 25.2 Å². The number of nitrogen functional groups attached to an aromatic ring is 1. The standard InChI is InChI=1S/C25H35N7O3/c1-16(15-34-2)35-25-30-20(24(33)29-18-6-3-4-7-18)14-21(31-25)32-12-9-17(10-13-32)22(26)19-8-5-11-28-23(19)27/h5,8,11,14,16-18,26H,3-4,6-7,9-10,12-13,15H2,1-2H3,(H2,27,28)(H,29,33). The van der Waals surface area contributed by atoms with Crippen LogP contribution in [0.5, 0.6) is 6.01 Å². The summed E-state index contributed by atoms with van der Waals surface area (Å²) in [6.07, 6.45) is 7.20. The fourth-order valence-electron chi connectivity index (χ4n) is 4.78. The number of pyridine rings is 1. The molecule has 0 spiro atoms. The van der Waals surface area contributed by atoms with Crippen molar-refractivity contribution < 1.29 is 14.3 Å². The molecular weight excluding hydrogens is 446 g/mol. The Kier molecular flexibility index (Phi) is 8.12. The van der Waals surface area contributed by atoms with Gasteiger partial charge in [0.1, 0.15) is 23.4 Å². The molecule has 2 aromatic rings. The van der Waals surface area contributed by atoms with Crippen LogP contribution in [0.2, 0.25) is 0 Å². The number of nitrogens with one attached hydrogen (secondary N) is 2. The van der Waals surface area contributed by atoms with Gasteiger partial charge in [-0.15, -0.1) is 0 Å². The quantitative estimate of drug-likeness (QED) is 0.465. The number of hydrogen-bond acceptors (Lipinski definition) is 9. The van der Waals surface area contributed by atoms with Crippen LogP contribution in [0, 0.1) is 11.3 Å². The van der Waals surface area contributed by atoms with Gasteiger partial charge in [0, 0.05) is 55.7 Å². The monoisotopic (exact) mass is 481 g/mol. The van der Waals surface area contributed by atoms with Crippen molar-refractivity contribution in [3.05, 3.63) is 35.7 Å². The number of rotatable bonds is 9. The number of carbonyl (C=O) groups is 1. The average Bonchev–Trinajstić information content (AvgIpc) is 3.37. The van der Waals surface area contributed by atoms with Crippen molar-refractivity contribution in [1.29, 1.82) is 5.41 Å². The summed E-state index contributed by atoms with van der Waals surface area (Å²) in [5.74, 6) is 0.929. The zero-order valence-electron chi connectivity index (χ0n) is 20.5. The number of ether oxygens (including phenoxy) is 2. The van der Waals surface area contributed by atoms with Gasteiger partial charge in [-0.05, 0) is 44.7 Å². The third kappa shape index (κ3) is 6.25. The van der Waals surface area contributed by atoms with E-state index in [0.717, 1.165) is 38.5 Å². The van der Waals surface area contributed by atoms with Gasteiger partial charge in [0.25, 0.3) is 5.91 Å². The van der Waals surface area contributed by atoms with E-state index >= 15 is 0 Å². The van der Waals surface area contributed by atoms with Crippen molar-refractivity contribution in [2.24, 2.45) is 5.92 Å². The lowest BCUT2D eigenvalue weighted by Crippen LogP contribution is -2.38. The Morgan fingerprint density at radius 3 is 2.69 bits per heavy atom. The summed E-state index contributed by atoms with van der Waals surface area (Å²) in [5.41, 5.74) is 7.51. The summed E-state index contributed by atoms with van der Waals surface area (Å²) in [6.45, 7) is 3.66. The molecule has 10 heteroatoms. The zero-order chi connectivity index (χ0) is 24.8. The molecule has 0 aromatic carbocycles. The molecule has 2 aliphatic rings. The Bertz CT molecular complexity index is 1030. The van der Waals surface area contributed by atoms with Gasteiger partial charge < -0.3 is 30.8 Å². The van der Waals surface area contributed by atoms with Crippen LogP contribution in [0.1, 0.15) is 61.5 Å². The van der Waals surface area contributed by atoms with Crippen LogP contribution in [-0.2, 0) is 4.74 Å². The number of methoxy groups -OCH3 is 1. The number of amides is 1. The second-order valence-electron chi connectivity index (χ2n) is 9.34. The van der Waals surface area contributed by atoms with Crippen molar-refractivity contribution in [1.82, 2.24) is 20.3 Å². The van der Waals surface area contributed by atoms with Crippen molar-refractivity contribution in [3.63, 3.8) is 0 Å². The molecule has 4 rings (SSSR count). The molecule has 1 amide bonds. The summed E-state index contributed by atoms with van der Waals surface area (Å²) in [7, 11) is 1.61. The first-order valence-electron chi connectivity index (χ1n) is 12.3. The minimum atomic E-state index is -0.253. The maximum Gasteiger partial charge on any atom is 0.319 e. The van der Waals surface area contributed by atoms with Crippen LogP contribution in [-0.4, -0.2) is 65.5 Å². The summed E-state index contributed by atoms with van der Waals surface area (Å²) >= 11 is 0. The van der Waals surface area contributed by atoms with Crippen molar-refractivity contribution in [3.8, 4) is 6.01 Å². The molecule has 3 heterocycles. The molecule has 0 radical (unpaired) electrons. The Labute approximate surface area is 206 Å². The zero-order valence-corrected chi connectivity index (χ0v) is 20.5. The number of carbonyl (C=O) groups excluding carboxylic acids is 1. The van der Waals surface area contributed by atoms with E-state index in [4.69, 9.17) is 20.6 Å². The SMILES string of the molecule is COCC(C)Oc1nc(C(=O)NC2CCCC2)cc(N2CCC(C(=N)c3cccnc3N)CC2)n1. The van der Waals surface area contributed by atoms with Crippen molar-refractivity contribution in [2.45, 2.75) is 57.6 Å². The van der Waals surface area contributed by atoms with Crippen LogP contribution in [0.15, 0.2) is 24.4 Å². The average molecular weight is 482 g/mol. The van der Waals surface area contributed by atoms with E-state index in [9.17, 15) is 4.79 Å². The highest BCUT2D eigenvalue weighted by Gasteiger charge is 2.27. The predicted octanol–water partition coefficient (Wildman–Crippen LogP) is 2.82. The fourth-order valence-corrected chi connectivity index (χ4v) is 4.78. The molecule has 2 aromatic heterocycles. The molecule has 35 heavy (non-hydrogen) atoms. The highest BCUT2D eigenvalue weighted by atomic mass is 16.5. The molecule has 1 unspecified atom stereocenters. The van der Waals surface area contributed by atoms with Crippen LogP contribution in [0.3, 0.4) is 0 Å². The topological polar surface area (TPSA) is 139 Å². The van der Waals surface area contributed by atoms with Gasteiger partial charge in [-0.1, -0.05) is 12.8 Å². The van der Waals surface area contributed by atoms with Gasteiger partial charge in [0.05, 0.1) is 6.61 Å². The molecule has 2 fully saturated rings. The van der Waals surface area contributed by atoms with Gasteiger partial charge in [-0.3, -0.25) is 4.79 Å². The van der Waals surface area contributed by atoms with Gasteiger partial charge in [0.15, 0.2) is 0 Å². The Morgan fingerprint density at radius 2 is 2.00 bits per heavy atom. The van der Waals surface area contributed by atoms with Gasteiger partial charge >= 0.3 is 6.01 Å². The molecule has 0 bridgehead atoms. The lowest BCUT2D eigenvalue weighted by molar-refractivity contribution is 0.0841. The van der Waals surface area contributed by atoms with E-state index in [1.807, 2.05) is 13.0 Å². The minimum Gasteiger partial charge on any atom is -0.458 e. The van der Waals surface area contributed by atoms with Crippen LogP contribution in [0.4, 0.5) is 11.6 Å². The maximum absolute atomic E-state index is 13.0. The van der Waals surface area contributed by atoms with E-state index in [-0.39, 0.29) is 30.0 Å². The smallest absolute Gasteiger partial charge is 0.319 e. The van der Waals surface area contributed by atoms with Crippen LogP contribution >= 0.6 is 0 Å². The number of aromatic nitrogens is 3. The highest BCUT2D eigenvalue weighted by molar-refractivity contribution is 6.03. The normalized spacial score (nSPS) is 17.8. The summed E-state index contributed by atoms with van der Waals surface area (Å²) < 4.78 is 11.0. The van der Waals surface area contributed by atoms with Crippen LogP contribution in [0.25, 0.3) is 0 Å². The number of hydrogen-bond donors (Lipinski definition) is 3. The first-order valence-corrected chi connectivity index (χ1v) is 12.3. The lowest BCUT2D eigenvalue weighted by Gasteiger charge is -2.33. The second-order valence-corrected chi connectivity index (χ2v) is 9.34. The van der Waals surface area contributed by atoms with E-state index < -0.39 is 0 Å². The number of nitrogens with zero attached hydrogens (tertiary/aromatic N) is 4. The van der Waals surface area contributed by atoms with Gasteiger partial charge in [0.2, 0.25) is 0 Å². The minimum absolute atomic E-state index is 0.0853. The molecule has 4 N–H and O–H groups in total. The third-order valence-corrected chi connectivity index (χ3v) is 6.68. The van der Waals surface area contributed by atoms with Crippen LogP contribution < -0.4 is 20.7 Å². The molecule has 1 saturated carbocycles. The molecule has 1 aliphatic carbocycles. The molecule has 1 saturated heterocycles. The molecule has 1 aliphatic heterocycles. The number of nitrogens with two attached hydrogens (primary N) is 1. The molecule has 1 atom stereocenters. The second kappa shape index (κ2) is 11.4. The predicted molar refractivity (Wildman–Crippen MR) is 134 cm³/mol. The van der Waals surface area contributed by atoms with E-state index in [1.165, 1.54) is 0 Å². The Balaban J connectivity index is 1.49. The Hall–Kier alpha value is -3.27.